The number of carbonyl (C=O) groups is 1. The van der Waals surface area contributed by atoms with E-state index in [9.17, 15) is 4.79 Å². The van der Waals surface area contributed by atoms with Crippen molar-refractivity contribution in [1.29, 1.82) is 0 Å². The maximum atomic E-state index is 11.8. The zero-order chi connectivity index (χ0) is 12.8. The fourth-order valence-corrected chi connectivity index (χ4v) is 1.65. The molecule has 1 heterocycles. The average Bonchev–Trinajstić information content (AvgIpc) is 2.40. The molecule has 92 valence electrons. The Hall–Kier alpha value is -2.27. The first-order valence-electron chi connectivity index (χ1n) is 5.62. The van der Waals surface area contributed by atoms with Crippen LogP contribution in [0.3, 0.4) is 0 Å². The summed E-state index contributed by atoms with van der Waals surface area (Å²) in [6.45, 7) is 0.425. The minimum absolute atomic E-state index is 0.128. The van der Waals surface area contributed by atoms with Gasteiger partial charge in [-0.3, -0.25) is 9.78 Å². The maximum absolute atomic E-state index is 11.8. The highest BCUT2D eigenvalue weighted by molar-refractivity contribution is 5.91. The van der Waals surface area contributed by atoms with Gasteiger partial charge in [-0.15, -0.1) is 0 Å². The number of hydrogen-bond acceptors (Lipinski definition) is 4. The second-order valence-electron chi connectivity index (χ2n) is 3.79. The predicted octanol–water partition coefficient (Wildman–Crippen LogP) is 1.12. The van der Waals surface area contributed by atoms with E-state index < -0.39 is 0 Å². The third-order valence-electron chi connectivity index (χ3n) is 2.52. The number of anilines is 1. The largest absolute Gasteiger partial charge is 0.326 e. The molecule has 1 amide bonds. The van der Waals surface area contributed by atoms with E-state index in [4.69, 9.17) is 5.73 Å². The van der Waals surface area contributed by atoms with Crippen molar-refractivity contribution in [1.82, 2.24) is 9.97 Å². The van der Waals surface area contributed by atoms with Crippen LogP contribution in [0.5, 0.6) is 0 Å². The molecule has 0 bridgehead atoms. The molecule has 0 aliphatic carbocycles. The van der Waals surface area contributed by atoms with E-state index in [1.54, 1.807) is 6.20 Å². The number of rotatable bonds is 4. The summed E-state index contributed by atoms with van der Waals surface area (Å²) in [5.41, 5.74) is 7.54. The molecular formula is C13H14N4O. The van der Waals surface area contributed by atoms with Crippen LogP contribution in [0, 0.1) is 0 Å². The molecule has 2 rings (SSSR count). The molecule has 0 aliphatic rings. The molecule has 5 heteroatoms. The van der Waals surface area contributed by atoms with Crippen LogP contribution < -0.4 is 11.1 Å². The Labute approximate surface area is 105 Å². The van der Waals surface area contributed by atoms with E-state index in [0.29, 0.717) is 12.4 Å². The van der Waals surface area contributed by atoms with Crippen molar-refractivity contribution >= 4 is 11.7 Å². The van der Waals surface area contributed by atoms with Gasteiger partial charge in [-0.25, -0.2) is 4.98 Å². The summed E-state index contributed by atoms with van der Waals surface area (Å²) in [6, 6.07) is 7.62. The van der Waals surface area contributed by atoms with Gasteiger partial charge < -0.3 is 11.1 Å². The smallest absolute Gasteiger partial charge is 0.230 e. The lowest BCUT2D eigenvalue weighted by Crippen LogP contribution is -2.16. The second kappa shape index (κ2) is 5.88. The average molecular weight is 242 g/mol. The summed E-state index contributed by atoms with van der Waals surface area (Å²) in [5, 5.41) is 2.69. The highest BCUT2D eigenvalue weighted by atomic mass is 16.1. The SMILES string of the molecule is NCc1ccccc1CC(=O)Nc1cnccn1. The van der Waals surface area contributed by atoms with Crippen molar-refractivity contribution in [3.63, 3.8) is 0 Å². The lowest BCUT2D eigenvalue weighted by molar-refractivity contribution is -0.115. The zero-order valence-electron chi connectivity index (χ0n) is 9.84. The molecule has 5 nitrogen and oxygen atoms in total. The highest BCUT2D eigenvalue weighted by Gasteiger charge is 2.07. The van der Waals surface area contributed by atoms with E-state index in [-0.39, 0.29) is 12.3 Å². The van der Waals surface area contributed by atoms with E-state index >= 15 is 0 Å². The quantitative estimate of drug-likeness (QED) is 0.841. The fraction of sp³-hybridized carbons (Fsp3) is 0.154. The van der Waals surface area contributed by atoms with E-state index in [1.807, 2.05) is 24.3 Å². The Morgan fingerprint density at radius 1 is 1.22 bits per heavy atom. The maximum Gasteiger partial charge on any atom is 0.230 e. The molecule has 0 atom stereocenters. The fourth-order valence-electron chi connectivity index (χ4n) is 1.65. The molecule has 1 aromatic heterocycles. The monoisotopic (exact) mass is 242 g/mol. The van der Waals surface area contributed by atoms with Gasteiger partial charge in [-0.1, -0.05) is 24.3 Å². The van der Waals surface area contributed by atoms with Crippen LogP contribution in [0.15, 0.2) is 42.9 Å². The van der Waals surface area contributed by atoms with Crippen LogP contribution in [0.4, 0.5) is 5.82 Å². The molecule has 0 fully saturated rings. The van der Waals surface area contributed by atoms with Crippen molar-refractivity contribution in [2.24, 2.45) is 5.73 Å². The summed E-state index contributed by atoms with van der Waals surface area (Å²) in [6.07, 6.45) is 4.87. The first-order valence-corrected chi connectivity index (χ1v) is 5.62. The van der Waals surface area contributed by atoms with Crippen molar-refractivity contribution in [2.75, 3.05) is 5.32 Å². The second-order valence-corrected chi connectivity index (χ2v) is 3.79. The number of nitrogens with zero attached hydrogens (tertiary/aromatic N) is 2. The normalized spacial score (nSPS) is 10.1. The Kier molecular flexibility index (Phi) is 3.98. The van der Waals surface area contributed by atoms with Crippen molar-refractivity contribution in [2.45, 2.75) is 13.0 Å². The number of nitrogens with one attached hydrogen (secondary N) is 1. The predicted molar refractivity (Wildman–Crippen MR) is 68.7 cm³/mol. The van der Waals surface area contributed by atoms with E-state index in [0.717, 1.165) is 11.1 Å². The molecule has 0 spiro atoms. The van der Waals surface area contributed by atoms with Crippen LogP contribution >= 0.6 is 0 Å². The van der Waals surface area contributed by atoms with Gasteiger partial charge in [-0.2, -0.15) is 0 Å². The van der Waals surface area contributed by atoms with Crippen LogP contribution in [0.2, 0.25) is 0 Å². The third-order valence-corrected chi connectivity index (χ3v) is 2.52. The Morgan fingerprint density at radius 3 is 2.67 bits per heavy atom. The van der Waals surface area contributed by atoms with Crippen molar-refractivity contribution in [3.05, 3.63) is 54.0 Å². The summed E-state index contributed by atoms with van der Waals surface area (Å²) >= 11 is 0. The topological polar surface area (TPSA) is 80.9 Å². The molecular weight excluding hydrogens is 228 g/mol. The van der Waals surface area contributed by atoms with Gasteiger partial charge in [-0.05, 0) is 11.1 Å². The summed E-state index contributed by atoms with van der Waals surface area (Å²) in [7, 11) is 0. The molecule has 3 N–H and O–H groups in total. The van der Waals surface area contributed by atoms with Gasteiger partial charge >= 0.3 is 0 Å². The number of amides is 1. The molecule has 0 saturated carbocycles. The van der Waals surface area contributed by atoms with Gasteiger partial charge in [0.25, 0.3) is 0 Å². The Balaban J connectivity index is 2.03. The standard InChI is InChI=1S/C13H14N4O/c14-8-11-4-2-1-3-10(11)7-13(18)17-12-9-15-5-6-16-12/h1-6,9H,7-8,14H2,(H,16,17,18). The number of carbonyl (C=O) groups excluding carboxylic acids is 1. The van der Waals surface area contributed by atoms with Gasteiger partial charge in [0, 0.05) is 18.9 Å². The number of nitrogens with two attached hydrogens (primary N) is 1. The molecule has 18 heavy (non-hydrogen) atoms. The summed E-state index contributed by atoms with van der Waals surface area (Å²) < 4.78 is 0. The van der Waals surface area contributed by atoms with Gasteiger partial charge in [0.2, 0.25) is 5.91 Å². The number of aromatic nitrogens is 2. The number of hydrogen-bond donors (Lipinski definition) is 2. The van der Waals surface area contributed by atoms with E-state index in [1.165, 1.54) is 12.4 Å². The zero-order valence-corrected chi connectivity index (χ0v) is 9.84. The lowest BCUT2D eigenvalue weighted by atomic mass is 10.0. The highest BCUT2D eigenvalue weighted by Crippen LogP contribution is 2.09. The van der Waals surface area contributed by atoms with Crippen molar-refractivity contribution < 1.29 is 4.79 Å². The lowest BCUT2D eigenvalue weighted by Gasteiger charge is -2.07. The first-order chi connectivity index (χ1) is 8.79. The minimum atomic E-state index is -0.128. The van der Waals surface area contributed by atoms with E-state index in [2.05, 4.69) is 15.3 Å². The molecule has 0 aliphatic heterocycles. The van der Waals surface area contributed by atoms with Gasteiger partial charge in [0.15, 0.2) is 5.82 Å². The Bertz CT molecular complexity index is 528. The summed E-state index contributed by atoms with van der Waals surface area (Å²) in [4.78, 5) is 19.7. The van der Waals surface area contributed by atoms with Crippen LogP contribution in [0.25, 0.3) is 0 Å². The van der Waals surface area contributed by atoms with Crippen LogP contribution in [-0.4, -0.2) is 15.9 Å². The molecule has 0 saturated heterocycles. The number of benzene rings is 1. The van der Waals surface area contributed by atoms with Crippen molar-refractivity contribution in [3.8, 4) is 0 Å². The minimum Gasteiger partial charge on any atom is -0.326 e. The third kappa shape index (κ3) is 3.11. The van der Waals surface area contributed by atoms with Crippen LogP contribution in [0.1, 0.15) is 11.1 Å². The van der Waals surface area contributed by atoms with Gasteiger partial charge in [0.1, 0.15) is 0 Å². The molecule has 2 aromatic rings. The summed E-state index contributed by atoms with van der Waals surface area (Å²) in [5.74, 6) is 0.323. The van der Waals surface area contributed by atoms with Gasteiger partial charge in [0.05, 0.1) is 12.6 Å². The molecule has 0 radical (unpaired) electrons. The molecule has 1 aromatic carbocycles. The first kappa shape index (κ1) is 12.2. The molecule has 0 unspecified atom stereocenters. The van der Waals surface area contributed by atoms with Crippen LogP contribution in [-0.2, 0) is 17.8 Å². The Morgan fingerprint density at radius 2 is 2.00 bits per heavy atom.